The second-order valence-corrected chi connectivity index (χ2v) is 3.23. The van der Waals surface area contributed by atoms with E-state index in [-0.39, 0.29) is 0 Å². The number of aromatic nitrogens is 1. The van der Waals surface area contributed by atoms with E-state index in [4.69, 9.17) is 18.6 Å². The summed E-state index contributed by atoms with van der Waals surface area (Å²) in [6.07, 6.45) is 4.07. The summed E-state index contributed by atoms with van der Waals surface area (Å²) in [6, 6.07) is 4.17. The zero-order valence-corrected chi connectivity index (χ0v) is 8.06. The second-order valence-electron chi connectivity index (χ2n) is 2.44. The van der Waals surface area contributed by atoms with Gasteiger partial charge < -0.3 is 0 Å². The van der Waals surface area contributed by atoms with Crippen LogP contribution in [-0.2, 0) is 7.05 Å². The molecule has 0 bridgehead atoms. The first-order chi connectivity index (χ1) is 5.79. The Hall–Kier alpha value is -0.720. The molecule has 0 unspecified atom stereocenters. The predicted molar refractivity (Wildman–Crippen MR) is 34.6 cm³/mol. The molecular formula is C7H11ClNO4+. The molecule has 1 heterocycles. The van der Waals surface area contributed by atoms with E-state index in [0.717, 1.165) is 0 Å². The Morgan fingerprint density at radius 2 is 1.54 bits per heavy atom. The Kier molecular flexibility index (Phi) is 4.82. The quantitative estimate of drug-likeness (QED) is 0.452. The minimum atomic E-state index is -4.69. The third kappa shape index (κ3) is 11.3. The highest BCUT2D eigenvalue weighted by molar-refractivity contribution is 5.02. The van der Waals surface area contributed by atoms with Crippen molar-refractivity contribution >= 4 is 0 Å². The van der Waals surface area contributed by atoms with Crippen molar-refractivity contribution in [3.05, 3.63) is 30.1 Å². The lowest BCUT2D eigenvalue weighted by Crippen LogP contribution is -2.58. The summed E-state index contributed by atoms with van der Waals surface area (Å²) in [5, 5.41) is 0. The van der Waals surface area contributed by atoms with Crippen LogP contribution >= 0.6 is 0 Å². The number of hydrogen-bond acceptors (Lipinski definition) is 4. The summed E-state index contributed by atoms with van der Waals surface area (Å²) in [6.45, 7) is 2.08. The standard InChI is InChI=1S/C7H10N.ClHO4/c1-7-3-5-8(2)6-4-7;2-1(3,4)5/h3-6H,1-2H3;(H,2,3,4,5)/q+1;. The minimum absolute atomic E-state index is 1.31. The van der Waals surface area contributed by atoms with E-state index in [2.05, 4.69) is 19.1 Å². The Morgan fingerprint density at radius 3 is 1.77 bits per heavy atom. The van der Waals surface area contributed by atoms with Gasteiger partial charge in [0.25, 0.3) is 0 Å². The summed E-state index contributed by atoms with van der Waals surface area (Å²) >= 11 is 0. The van der Waals surface area contributed by atoms with Crippen LogP contribution in [0.15, 0.2) is 24.5 Å². The highest BCUT2D eigenvalue weighted by Gasteiger charge is 1.98. The number of pyridine rings is 1. The zero-order valence-electron chi connectivity index (χ0n) is 7.31. The molecular weight excluding hydrogens is 198 g/mol. The Balaban J connectivity index is 0.000000252. The predicted octanol–water partition coefficient (Wildman–Crippen LogP) is -3.30. The highest BCUT2D eigenvalue weighted by Crippen LogP contribution is 1.87. The van der Waals surface area contributed by atoms with Crippen molar-refractivity contribution in [1.29, 1.82) is 0 Å². The van der Waals surface area contributed by atoms with Gasteiger partial charge in [0.1, 0.15) is 7.05 Å². The zero-order chi connectivity index (χ0) is 10.5. The van der Waals surface area contributed by atoms with Crippen LogP contribution in [0, 0.1) is 17.2 Å². The van der Waals surface area contributed by atoms with Crippen LogP contribution in [0.5, 0.6) is 0 Å². The normalized spacial score (nSPS) is 10.3. The summed E-state index contributed by atoms with van der Waals surface area (Å²) in [5.74, 6) is 0. The molecule has 74 valence electrons. The fraction of sp³-hybridized carbons (Fsp3) is 0.286. The van der Waals surface area contributed by atoms with E-state index >= 15 is 0 Å². The van der Waals surface area contributed by atoms with Crippen molar-refractivity contribution in [2.24, 2.45) is 7.05 Å². The maximum atomic E-state index is 8.60. The number of hydrogen-bond donors (Lipinski definition) is 1. The van der Waals surface area contributed by atoms with Crippen molar-refractivity contribution < 1.29 is 33.4 Å². The molecule has 0 aliphatic heterocycles. The second kappa shape index (κ2) is 5.11. The van der Waals surface area contributed by atoms with Crippen LogP contribution in [0.2, 0.25) is 0 Å². The largest absolute Gasteiger partial charge is 0.208 e. The molecule has 5 nitrogen and oxygen atoms in total. The molecule has 0 radical (unpaired) electrons. The van der Waals surface area contributed by atoms with Crippen LogP contribution in [0.4, 0.5) is 0 Å². The number of halogens is 1. The number of rotatable bonds is 0. The molecule has 1 rings (SSSR count). The molecule has 6 heteroatoms. The SMILES string of the molecule is Cc1cc[n+](C)cc1.[O-][Cl+3]([O-])([O-])O. The van der Waals surface area contributed by atoms with Crippen LogP contribution in [0.25, 0.3) is 0 Å². The molecule has 0 aliphatic carbocycles. The van der Waals surface area contributed by atoms with Gasteiger partial charge in [-0.15, -0.1) is 0 Å². The van der Waals surface area contributed by atoms with E-state index in [1.807, 2.05) is 24.0 Å². The lowest BCUT2D eigenvalue weighted by Gasteiger charge is -2.03. The van der Waals surface area contributed by atoms with Gasteiger partial charge in [0.05, 0.1) is 14.9 Å². The first kappa shape index (κ1) is 12.3. The first-order valence-electron chi connectivity index (χ1n) is 3.34. The lowest BCUT2D eigenvalue weighted by atomic mass is 10.3. The van der Waals surface area contributed by atoms with E-state index in [9.17, 15) is 0 Å². The fourth-order valence-corrected chi connectivity index (χ4v) is 0.576. The lowest BCUT2D eigenvalue weighted by molar-refractivity contribution is -1.92. The third-order valence-corrected chi connectivity index (χ3v) is 1.15. The van der Waals surface area contributed by atoms with Crippen molar-refractivity contribution in [3.63, 3.8) is 0 Å². The third-order valence-electron chi connectivity index (χ3n) is 1.15. The van der Waals surface area contributed by atoms with Gasteiger partial charge in [-0.3, -0.25) is 0 Å². The molecule has 1 aromatic heterocycles. The topological polar surface area (TPSA) is 93.3 Å². The Labute approximate surface area is 78.2 Å². The molecule has 0 saturated heterocycles. The first-order valence-corrected chi connectivity index (χ1v) is 4.60. The summed E-state index contributed by atoms with van der Waals surface area (Å²) in [5.41, 5.74) is 1.31. The van der Waals surface area contributed by atoms with E-state index < -0.39 is 10.2 Å². The number of aryl methyl sites for hydroxylation is 2. The summed E-state index contributed by atoms with van der Waals surface area (Å²) in [4.78, 5) is 0. The van der Waals surface area contributed by atoms with E-state index in [1.54, 1.807) is 0 Å². The van der Waals surface area contributed by atoms with Gasteiger partial charge in [0.15, 0.2) is 12.4 Å². The van der Waals surface area contributed by atoms with Crippen molar-refractivity contribution in [3.8, 4) is 0 Å². The van der Waals surface area contributed by atoms with Crippen molar-refractivity contribution in [2.45, 2.75) is 6.92 Å². The Bertz CT molecular complexity index is 217. The molecule has 0 aromatic carbocycles. The van der Waals surface area contributed by atoms with Crippen LogP contribution in [0.1, 0.15) is 5.56 Å². The van der Waals surface area contributed by atoms with E-state index in [1.165, 1.54) is 5.56 Å². The molecule has 0 atom stereocenters. The van der Waals surface area contributed by atoms with Gasteiger partial charge in [-0.2, -0.15) is 14.0 Å². The van der Waals surface area contributed by atoms with Crippen molar-refractivity contribution in [1.82, 2.24) is 0 Å². The maximum Gasteiger partial charge on any atom is 0.168 e. The molecule has 1 aromatic rings. The monoisotopic (exact) mass is 208 g/mol. The minimum Gasteiger partial charge on any atom is -0.208 e. The molecule has 1 N–H and O–H groups in total. The molecule has 0 fully saturated rings. The summed E-state index contributed by atoms with van der Waals surface area (Å²) < 4.78 is 34.7. The molecule has 0 aliphatic rings. The van der Waals surface area contributed by atoms with Crippen molar-refractivity contribution in [2.75, 3.05) is 0 Å². The van der Waals surface area contributed by atoms with Gasteiger partial charge in [0, 0.05) is 12.1 Å². The van der Waals surface area contributed by atoms with Gasteiger partial charge in [-0.05, 0) is 12.5 Å². The van der Waals surface area contributed by atoms with Gasteiger partial charge >= 0.3 is 0 Å². The van der Waals surface area contributed by atoms with Gasteiger partial charge in [0.2, 0.25) is 0 Å². The van der Waals surface area contributed by atoms with Crippen LogP contribution in [-0.4, -0.2) is 4.66 Å². The number of nitrogens with zero attached hydrogens (tertiary/aromatic N) is 1. The van der Waals surface area contributed by atoms with E-state index in [0.29, 0.717) is 0 Å². The van der Waals surface area contributed by atoms with Crippen LogP contribution in [0.3, 0.4) is 0 Å². The fourth-order valence-electron chi connectivity index (χ4n) is 0.576. The average molecular weight is 209 g/mol. The van der Waals surface area contributed by atoms with Crippen LogP contribution < -0.4 is 18.5 Å². The summed E-state index contributed by atoms with van der Waals surface area (Å²) in [7, 11) is -2.68. The molecule has 0 amide bonds. The maximum absolute atomic E-state index is 8.60. The van der Waals surface area contributed by atoms with Gasteiger partial charge in [-0.25, -0.2) is 4.57 Å². The average Bonchev–Trinajstić information content (AvgIpc) is 1.92. The molecule has 0 saturated carbocycles. The molecule has 13 heavy (non-hydrogen) atoms. The highest BCUT2D eigenvalue weighted by atomic mass is 35.7. The molecule has 0 spiro atoms. The Morgan fingerprint density at radius 1 is 1.23 bits per heavy atom. The van der Waals surface area contributed by atoms with Gasteiger partial charge in [-0.1, -0.05) is 0 Å². The smallest absolute Gasteiger partial charge is 0.168 e.